The van der Waals surface area contributed by atoms with Gasteiger partial charge < -0.3 is 5.32 Å². The number of halogens is 2. The molecule has 0 fully saturated rings. The van der Waals surface area contributed by atoms with Crippen LogP contribution in [0.15, 0.2) is 84.9 Å². The molecule has 0 saturated heterocycles. The van der Waals surface area contributed by atoms with Gasteiger partial charge in [-0.05, 0) is 67.1 Å². The quantitative estimate of drug-likeness (QED) is 0.491. The number of aromatic nitrogens is 2. The Morgan fingerprint density at radius 3 is 2.13 bits per heavy atom. The lowest BCUT2D eigenvalue weighted by atomic mass is 10.1. The molecular weight excluding hydrogens is 384 g/mol. The van der Waals surface area contributed by atoms with Crippen LogP contribution in [0.2, 0.25) is 0 Å². The molecule has 6 heteroatoms. The van der Waals surface area contributed by atoms with Crippen molar-refractivity contribution in [2.45, 2.75) is 13.0 Å². The Hall–Kier alpha value is -3.80. The summed E-state index contributed by atoms with van der Waals surface area (Å²) in [6, 6.07) is 22.6. The highest BCUT2D eigenvalue weighted by atomic mass is 19.1. The maximum atomic E-state index is 13.4. The summed E-state index contributed by atoms with van der Waals surface area (Å²) < 4.78 is 28.1. The molecule has 150 valence electrons. The van der Waals surface area contributed by atoms with Crippen LogP contribution >= 0.6 is 0 Å². The number of benzene rings is 3. The van der Waals surface area contributed by atoms with Crippen molar-refractivity contribution in [2.75, 3.05) is 0 Å². The Labute approximate surface area is 172 Å². The van der Waals surface area contributed by atoms with E-state index in [0.717, 1.165) is 5.56 Å². The number of rotatable bonds is 5. The fourth-order valence-corrected chi connectivity index (χ4v) is 3.18. The molecule has 1 heterocycles. The van der Waals surface area contributed by atoms with Crippen molar-refractivity contribution in [3.05, 3.63) is 108 Å². The number of nitrogens with one attached hydrogen (secondary N) is 1. The third-order valence-corrected chi connectivity index (χ3v) is 4.80. The average Bonchev–Trinajstić information content (AvgIpc) is 3.21. The lowest BCUT2D eigenvalue weighted by Crippen LogP contribution is -2.28. The van der Waals surface area contributed by atoms with E-state index < -0.39 is 0 Å². The highest BCUT2D eigenvalue weighted by molar-refractivity contribution is 5.94. The maximum Gasteiger partial charge on any atom is 0.270 e. The lowest BCUT2D eigenvalue weighted by molar-refractivity contribution is 0.0932. The molecule has 0 aliphatic rings. The largest absolute Gasteiger partial charge is 0.344 e. The molecule has 1 amide bonds. The van der Waals surface area contributed by atoms with Crippen LogP contribution in [0.3, 0.4) is 0 Å². The standard InChI is InChI=1S/C24H19F2N3O/c1-16(17-5-3-2-4-6-17)27-24(30)23-15-22(18-7-9-19(25)10-8-18)28-29(23)21-13-11-20(26)12-14-21/h2-16H,1H3,(H,27,30)/t16-/m0/s1. The zero-order chi connectivity index (χ0) is 21.1. The van der Waals surface area contributed by atoms with Gasteiger partial charge in [-0.2, -0.15) is 5.10 Å². The van der Waals surface area contributed by atoms with E-state index in [-0.39, 0.29) is 23.6 Å². The normalized spacial score (nSPS) is 11.8. The average molecular weight is 403 g/mol. The van der Waals surface area contributed by atoms with Crippen LogP contribution in [0.4, 0.5) is 8.78 Å². The molecule has 30 heavy (non-hydrogen) atoms. The number of amides is 1. The lowest BCUT2D eigenvalue weighted by Gasteiger charge is -2.15. The minimum absolute atomic E-state index is 0.218. The first kappa shape index (κ1) is 19.5. The van der Waals surface area contributed by atoms with Gasteiger partial charge in [0.05, 0.1) is 17.4 Å². The van der Waals surface area contributed by atoms with Crippen molar-refractivity contribution in [1.29, 1.82) is 0 Å². The van der Waals surface area contributed by atoms with E-state index in [9.17, 15) is 13.6 Å². The first-order valence-corrected chi connectivity index (χ1v) is 9.49. The summed E-state index contributed by atoms with van der Waals surface area (Å²) >= 11 is 0. The first-order valence-electron chi connectivity index (χ1n) is 9.49. The summed E-state index contributed by atoms with van der Waals surface area (Å²) in [4.78, 5) is 13.1. The van der Waals surface area contributed by atoms with E-state index in [1.807, 2.05) is 37.3 Å². The molecule has 0 bridgehead atoms. The second-order valence-electron chi connectivity index (χ2n) is 6.92. The summed E-state index contributed by atoms with van der Waals surface area (Å²) in [6.07, 6.45) is 0. The molecule has 1 atom stereocenters. The van der Waals surface area contributed by atoms with Crippen molar-refractivity contribution < 1.29 is 13.6 Å². The smallest absolute Gasteiger partial charge is 0.270 e. The van der Waals surface area contributed by atoms with E-state index >= 15 is 0 Å². The number of carbonyl (C=O) groups is 1. The monoisotopic (exact) mass is 403 g/mol. The van der Waals surface area contributed by atoms with Gasteiger partial charge in [-0.1, -0.05) is 30.3 Å². The second-order valence-corrected chi connectivity index (χ2v) is 6.92. The molecule has 0 aliphatic carbocycles. The van der Waals surface area contributed by atoms with Gasteiger partial charge in [0.2, 0.25) is 0 Å². The van der Waals surface area contributed by atoms with Gasteiger partial charge in [-0.3, -0.25) is 4.79 Å². The molecule has 0 aliphatic heterocycles. The number of nitrogens with zero attached hydrogens (tertiary/aromatic N) is 2. The van der Waals surface area contributed by atoms with Gasteiger partial charge >= 0.3 is 0 Å². The van der Waals surface area contributed by atoms with E-state index in [1.165, 1.54) is 28.9 Å². The summed E-state index contributed by atoms with van der Waals surface area (Å²) in [6.45, 7) is 1.90. The zero-order valence-corrected chi connectivity index (χ0v) is 16.2. The first-order chi connectivity index (χ1) is 14.5. The minimum Gasteiger partial charge on any atom is -0.344 e. The molecule has 1 N–H and O–H groups in total. The van der Waals surface area contributed by atoms with Crippen molar-refractivity contribution in [2.24, 2.45) is 0 Å². The third-order valence-electron chi connectivity index (χ3n) is 4.80. The molecular formula is C24H19F2N3O. The molecule has 4 nitrogen and oxygen atoms in total. The third kappa shape index (κ3) is 4.12. The van der Waals surface area contributed by atoms with E-state index in [2.05, 4.69) is 10.4 Å². The molecule has 1 aromatic heterocycles. The van der Waals surface area contributed by atoms with Crippen molar-refractivity contribution in [1.82, 2.24) is 15.1 Å². The fourth-order valence-electron chi connectivity index (χ4n) is 3.18. The van der Waals surface area contributed by atoms with Gasteiger partial charge in [0.25, 0.3) is 5.91 Å². The summed E-state index contributed by atoms with van der Waals surface area (Å²) in [5.41, 5.74) is 2.99. The predicted molar refractivity (Wildman–Crippen MR) is 111 cm³/mol. The Bertz CT molecular complexity index is 1150. The van der Waals surface area contributed by atoms with Crippen molar-refractivity contribution in [3.63, 3.8) is 0 Å². The molecule has 4 aromatic rings. The Morgan fingerprint density at radius 2 is 1.50 bits per heavy atom. The highest BCUT2D eigenvalue weighted by Crippen LogP contribution is 2.23. The predicted octanol–water partition coefficient (Wildman–Crippen LogP) is 5.31. The molecule has 4 rings (SSSR count). The van der Waals surface area contributed by atoms with Crippen LogP contribution in [-0.4, -0.2) is 15.7 Å². The minimum atomic E-state index is -0.381. The highest BCUT2D eigenvalue weighted by Gasteiger charge is 2.20. The van der Waals surface area contributed by atoms with Gasteiger partial charge in [0.1, 0.15) is 17.3 Å². The van der Waals surface area contributed by atoms with E-state index in [0.29, 0.717) is 22.6 Å². The van der Waals surface area contributed by atoms with Crippen LogP contribution in [-0.2, 0) is 0 Å². The fraction of sp³-hybridized carbons (Fsp3) is 0.0833. The molecule has 0 spiro atoms. The van der Waals surface area contributed by atoms with Crippen molar-refractivity contribution >= 4 is 5.91 Å². The molecule has 3 aromatic carbocycles. The van der Waals surface area contributed by atoms with Crippen LogP contribution in [0.5, 0.6) is 0 Å². The van der Waals surface area contributed by atoms with Gasteiger partial charge in [0, 0.05) is 5.56 Å². The van der Waals surface area contributed by atoms with Gasteiger partial charge in [-0.15, -0.1) is 0 Å². The second kappa shape index (κ2) is 8.29. The van der Waals surface area contributed by atoms with Gasteiger partial charge in [-0.25, -0.2) is 13.5 Å². The van der Waals surface area contributed by atoms with Crippen LogP contribution in [0.1, 0.15) is 29.0 Å². The summed E-state index contributed by atoms with van der Waals surface area (Å²) in [7, 11) is 0. The van der Waals surface area contributed by atoms with E-state index in [4.69, 9.17) is 0 Å². The Balaban J connectivity index is 1.71. The Kier molecular flexibility index (Phi) is 5.39. The Morgan fingerprint density at radius 1 is 0.900 bits per heavy atom. The molecule has 0 unspecified atom stereocenters. The van der Waals surface area contributed by atoms with Crippen LogP contribution < -0.4 is 5.32 Å². The van der Waals surface area contributed by atoms with Crippen LogP contribution in [0, 0.1) is 11.6 Å². The van der Waals surface area contributed by atoms with Crippen molar-refractivity contribution in [3.8, 4) is 16.9 Å². The number of carbonyl (C=O) groups excluding carboxylic acids is 1. The summed E-state index contributed by atoms with van der Waals surface area (Å²) in [5.74, 6) is -1.06. The van der Waals surface area contributed by atoms with Crippen LogP contribution in [0.25, 0.3) is 16.9 Å². The molecule has 0 radical (unpaired) electrons. The summed E-state index contributed by atoms with van der Waals surface area (Å²) in [5, 5.41) is 7.50. The number of hydrogen-bond donors (Lipinski definition) is 1. The SMILES string of the molecule is C[C@H](NC(=O)c1cc(-c2ccc(F)cc2)nn1-c1ccc(F)cc1)c1ccccc1. The zero-order valence-electron chi connectivity index (χ0n) is 16.2. The maximum absolute atomic E-state index is 13.4. The number of hydrogen-bond acceptors (Lipinski definition) is 2. The topological polar surface area (TPSA) is 46.9 Å². The molecule has 0 saturated carbocycles. The van der Waals surface area contributed by atoms with Gasteiger partial charge in [0.15, 0.2) is 0 Å². The van der Waals surface area contributed by atoms with E-state index in [1.54, 1.807) is 30.3 Å².